The lowest BCUT2D eigenvalue weighted by Crippen LogP contribution is -2.24. The zero-order chi connectivity index (χ0) is 24.1. The van der Waals surface area contributed by atoms with Gasteiger partial charge in [0.1, 0.15) is 17.7 Å². The monoisotopic (exact) mass is 463 g/mol. The summed E-state index contributed by atoms with van der Waals surface area (Å²) in [7, 11) is 0. The number of hydrogen-bond acceptors (Lipinski definition) is 8. The molecule has 0 spiro atoms. The van der Waals surface area contributed by atoms with Crippen LogP contribution in [0.4, 0.5) is 0 Å². The van der Waals surface area contributed by atoms with E-state index in [9.17, 15) is 15.0 Å². The molecule has 5 N–H and O–H groups in total. The molecule has 3 unspecified atom stereocenters. The summed E-state index contributed by atoms with van der Waals surface area (Å²) in [4.78, 5) is 23.9. The third kappa shape index (κ3) is 4.69. The molecule has 4 aromatic rings. The first-order valence-electron chi connectivity index (χ1n) is 10.6. The van der Waals surface area contributed by atoms with Crippen molar-refractivity contribution in [3.8, 4) is 22.7 Å². The number of rotatable bonds is 5. The number of pyridine rings is 1. The number of aromatic amines is 1. The molecule has 0 amide bonds. The Labute approximate surface area is 194 Å². The number of fused-ring (bicyclic) bond motifs is 1. The first-order valence-corrected chi connectivity index (χ1v) is 10.6. The quantitative estimate of drug-likeness (QED) is 0.350. The van der Waals surface area contributed by atoms with Crippen molar-refractivity contribution in [2.45, 2.75) is 24.9 Å². The molecule has 1 fully saturated rings. The van der Waals surface area contributed by atoms with Gasteiger partial charge in [-0.15, -0.1) is 0 Å². The predicted octanol–water partition coefficient (Wildman–Crippen LogP) is 1.71. The van der Waals surface area contributed by atoms with Crippen LogP contribution < -0.4 is 16.0 Å². The lowest BCUT2D eigenvalue weighted by atomic mass is 10.1. The fourth-order valence-electron chi connectivity index (χ4n) is 3.76. The van der Waals surface area contributed by atoms with Gasteiger partial charge in [0, 0.05) is 24.4 Å². The van der Waals surface area contributed by atoms with Crippen LogP contribution in [0.1, 0.15) is 6.42 Å². The Kier molecular flexibility index (Phi) is 7.02. The molecular weight excluding hydrogens is 438 g/mol. The van der Waals surface area contributed by atoms with Crippen LogP contribution >= 0.6 is 0 Å². The zero-order valence-corrected chi connectivity index (χ0v) is 18.2. The fourth-order valence-corrected chi connectivity index (χ4v) is 3.76. The summed E-state index contributed by atoms with van der Waals surface area (Å²) < 4.78 is 13.0. The van der Waals surface area contributed by atoms with Gasteiger partial charge in [-0.2, -0.15) is 0 Å². The molecular formula is C24H25N5O5. The van der Waals surface area contributed by atoms with Gasteiger partial charge in [0.15, 0.2) is 5.65 Å². The highest BCUT2D eigenvalue weighted by Crippen LogP contribution is 2.31. The second-order valence-corrected chi connectivity index (χ2v) is 7.50. The van der Waals surface area contributed by atoms with E-state index in [4.69, 9.17) is 9.47 Å². The summed E-state index contributed by atoms with van der Waals surface area (Å²) in [5, 5.41) is 19.5. The number of aliphatic hydroxyl groups is 2. The molecule has 3 atom stereocenters. The van der Waals surface area contributed by atoms with Crippen LogP contribution in [0.2, 0.25) is 0 Å². The van der Waals surface area contributed by atoms with Gasteiger partial charge in [0.05, 0.1) is 24.4 Å². The van der Waals surface area contributed by atoms with Crippen LogP contribution in [-0.2, 0) is 4.74 Å². The maximum Gasteiger partial charge on any atom is 0.260 e. The third-order valence-electron chi connectivity index (χ3n) is 5.29. The van der Waals surface area contributed by atoms with Crippen LogP contribution in [-0.4, -0.2) is 54.8 Å². The highest BCUT2D eigenvalue weighted by molar-refractivity contribution is 5.94. The number of nitrogens with two attached hydrogens (primary N) is 1. The topological polar surface area (TPSA) is 149 Å². The summed E-state index contributed by atoms with van der Waals surface area (Å²) in [5.74, 6) is 1.22. The van der Waals surface area contributed by atoms with E-state index in [0.29, 0.717) is 22.6 Å². The largest absolute Gasteiger partial charge is 0.465 e. The van der Waals surface area contributed by atoms with Crippen LogP contribution in [0, 0.1) is 0 Å². The molecule has 1 saturated heterocycles. The summed E-state index contributed by atoms with van der Waals surface area (Å²) >= 11 is 0. The van der Waals surface area contributed by atoms with Crippen molar-refractivity contribution in [3.05, 3.63) is 84.3 Å². The number of aliphatic hydroxyl groups excluding tert-OH is 2. The molecule has 0 aliphatic carbocycles. The Hall–Kier alpha value is -3.99. The Morgan fingerprint density at radius 2 is 2.03 bits per heavy atom. The third-order valence-corrected chi connectivity index (χ3v) is 5.29. The van der Waals surface area contributed by atoms with E-state index in [-0.39, 0.29) is 18.6 Å². The molecule has 1 aliphatic rings. The van der Waals surface area contributed by atoms with Gasteiger partial charge in [-0.3, -0.25) is 9.36 Å². The number of nitrogens with zero attached hydrogens (tertiary/aromatic N) is 3. The SMILES string of the molecule is C=CN.O=c1[nH]cnc2c1c(-c1ccc(OC3CC(O)C(CO)O3)cc1)cn2-c1ccccn1. The van der Waals surface area contributed by atoms with E-state index in [1.54, 1.807) is 22.9 Å². The molecule has 0 saturated carbocycles. The van der Waals surface area contributed by atoms with Gasteiger partial charge in [-0.1, -0.05) is 24.8 Å². The van der Waals surface area contributed by atoms with Crippen molar-refractivity contribution in [2.24, 2.45) is 5.73 Å². The van der Waals surface area contributed by atoms with E-state index >= 15 is 0 Å². The second-order valence-electron chi connectivity index (χ2n) is 7.50. The normalized spacial score (nSPS) is 19.4. The van der Waals surface area contributed by atoms with Crippen LogP contribution in [0.15, 0.2) is 78.8 Å². The number of H-pyrrole nitrogens is 1. The van der Waals surface area contributed by atoms with Gasteiger partial charge in [-0.05, 0) is 36.0 Å². The smallest absolute Gasteiger partial charge is 0.260 e. The molecule has 3 aromatic heterocycles. The molecule has 10 heteroatoms. The average Bonchev–Trinajstić information content (AvgIpc) is 3.41. The lowest BCUT2D eigenvalue weighted by molar-refractivity contribution is -0.0931. The summed E-state index contributed by atoms with van der Waals surface area (Å²) in [6.07, 6.45) is 4.41. The molecule has 4 heterocycles. The Morgan fingerprint density at radius 1 is 1.26 bits per heavy atom. The number of hydrogen-bond donors (Lipinski definition) is 4. The molecule has 176 valence electrons. The second kappa shape index (κ2) is 10.3. The molecule has 0 bridgehead atoms. The Morgan fingerprint density at radius 3 is 2.68 bits per heavy atom. The number of benzene rings is 1. The molecule has 10 nitrogen and oxygen atoms in total. The van der Waals surface area contributed by atoms with Gasteiger partial charge >= 0.3 is 0 Å². The van der Waals surface area contributed by atoms with Gasteiger partial charge in [0.2, 0.25) is 6.29 Å². The fraction of sp³-hybridized carbons (Fsp3) is 0.208. The summed E-state index contributed by atoms with van der Waals surface area (Å²) in [6, 6.07) is 12.8. The first kappa shape index (κ1) is 23.2. The van der Waals surface area contributed by atoms with Gasteiger partial charge in [0.25, 0.3) is 5.56 Å². The van der Waals surface area contributed by atoms with E-state index < -0.39 is 18.5 Å². The van der Waals surface area contributed by atoms with Crippen molar-refractivity contribution >= 4 is 11.0 Å². The number of ether oxygens (including phenoxy) is 2. The first-order chi connectivity index (χ1) is 16.5. The Balaban J connectivity index is 0.000000868. The number of aromatic nitrogens is 4. The number of nitrogens with one attached hydrogen (secondary N) is 1. The summed E-state index contributed by atoms with van der Waals surface area (Å²) in [6.45, 7) is 2.88. The zero-order valence-electron chi connectivity index (χ0n) is 18.2. The molecule has 1 aromatic carbocycles. The maximum absolute atomic E-state index is 12.6. The van der Waals surface area contributed by atoms with E-state index in [1.807, 2.05) is 36.5 Å². The predicted molar refractivity (Wildman–Crippen MR) is 126 cm³/mol. The Bertz CT molecular complexity index is 1300. The summed E-state index contributed by atoms with van der Waals surface area (Å²) in [5.41, 5.74) is 6.42. The van der Waals surface area contributed by atoms with Crippen molar-refractivity contribution in [3.63, 3.8) is 0 Å². The van der Waals surface area contributed by atoms with Crippen molar-refractivity contribution in [1.82, 2.24) is 19.5 Å². The van der Waals surface area contributed by atoms with Crippen molar-refractivity contribution in [1.29, 1.82) is 0 Å². The molecule has 34 heavy (non-hydrogen) atoms. The van der Waals surface area contributed by atoms with Crippen LogP contribution in [0.3, 0.4) is 0 Å². The highest BCUT2D eigenvalue weighted by atomic mass is 16.7. The molecule has 1 aliphatic heterocycles. The minimum absolute atomic E-state index is 0.238. The average molecular weight is 463 g/mol. The van der Waals surface area contributed by atoms with E-state index in [2.05, 4.69) is 27.3 Å². The minimum atomic E-state index is -0.758. The van der Waals surface area contributed by atoms with Crippen LogP contribution in [0.25, 0.3) is 28.0 Å². The molecule has 0 radical (unpaired) electrons. The van der Waals surface area contributed by atoms with Crippen molar-refractivity contribution in [2.75, 3.05) is 6.61 Å². The highest BCUT2D eigenvalue weighted by Gasteiger charge is 2.34. The standard InChI is InChI=1S/C22H20N4O5.C2H5N/c27-11-17-16(28)9-19(31-17)30-14-6-4-13(5-7-14)15-10-26(18-3-1-2-8-23-18)21-20(15)22(29)25-12-24-21;1-2-3/h1-8,10,12,16-17,19,27-28H,9,11H2,(H,24,25,29);2H,1,3H2. The van der Waals surface area contributed by atoms with Gasteiger partial charge in [-0.25, -0.2) is 9.97 Å². The van der Waals surface area contributed by atoms with E-state index in [1.165, 1.54) is 12.5 Å². The minimum Gasteiger partial charge on any atom is -0.465 e. The lowest BCUT2D eigenvalue weighted by Gasteiger charge is -2.14. The van der Waals surface area contributed by atoms with Crippen molar-refractivity contribution < 1.29 is 19.7 Å². The maximum atomic E-state index is 12.6. The van der Waals surface area contributed by atoms with E-state index in [0.717, 1.165) is 11.1 Å². The van der Waals surface area contributed by atoms with Crippen LogP contribution in [0.5, 0.6) is 5.75 Å². The molecule has 5 rings (SSSR count). The van der Waals surface area contributed by atoms with Gasteiger partial charge < -0.3 is 30.4 Å².